The Morgan fingerprint density at radius 2 is 2.14 bits per heavy atom. The molecule has 1 saturated carbocycles. The molecule has 1 aliphatic carbocycles. The molecule has 3 rings (SSSR count). The zero-order valence-electron chi connectivity index (χ0n) is 12.7. The van der Waals surface area contributed by atoms with Crippen LogP contribution in [0.4, 0.5) is 0 Å². The minimum absolute atomic E-state index is 0.0329. The summed E-state index contributed by atoms with van der Waals surface area (Å²) in [6.45, 7) is 4.42. The van der Waals surface area contributed by atoms with E-state index in [0.717, 1.165) is 18.4 Å². The molecule has 2 N–H and O–H groups in total. The van der Waals surface area contributed by atoms with Gasteiger partial charge in [-0.15, -0.1) is 5.10 Å². The molecular formula is C16H19N3O2S. The summed E-state index contributed by atoms with van der Waals surface area (Å²) in [4.78, 5) is 12.6. The maximum Gasteiger partial charge on any atom is 0.284 e. The first kappa shape index (κ1) is 15.0. The highest BCUT2D eigenvalue weighted by atomic mass is 32.1. The minimum Gasteiger partial charge on any atom is -0.409 e. The van der Waals surface area contributed by atoms with Crippen molar-refractivity contribution in [1.82, 2.24) is 15.5 Å². The Morgan fingerprint density at radius 3 is 2.68 bits per heavy atom. The number of carbonyl (C=O) groups is 1. The first-order chi connectivity index (χ1) is 10.5. The summed E-state index contributed by atoms with van der Waals surface area (Å²) in [5.74, 6) is 0.392. The standard InChI is InChI=1S/C16H19N3O2S/c1-16(2)9-3-4-12(16)17-13(20)10-5-7-11(8-6-10)14-18-19-15(22)21-14/h5-8,12H,3-4,9H2,1-2H3,(H,17,20)(H,19,22). The molecule has 0 bridgehead atoms. The maximum absolute atomic E-state index is 12.4. The van der Waals surface area contributed by atoms with Gasteiger partial charge in [0.25, 0.3) is 10.7 Å². The highest BCUT2D eigenvalue weighted by Gasteiger charge is 2.35. The molecule has 1 fully saturated rings. The first-order valence-corrected chi connectivity index (χ1v) is 7.83. The van der Waals surface area contributed by atoms with Crippen LogP contribution in [-0.4, -0.2) is 22.1 Å². The van der Waals surface area contributed by atoms with Crippen LogP contribution < -0.4 is 5.32 Å². The molecule has 22 heavy (non-hydrogen) atoms. The van der Waals surface area contributed by atoms with Crippen LogP contribution in [0, 0.1) is 10.3 Å². The Hall–Kier alpha value is -1.95. The number of carbonyl (C=O) groups excluding carboxylic acids is 1. The van der Waals surface area contributed by atoms with Crippen molar-refractivity contribution < 1.29 is 9.21 Å². The van der Waals surface area contributed by atoms with Gasteiger partial charge in [-0.2, -0.15) is 0 Å². The number of benzene rings is 1. The average Bonchev–Trinajstić information content (AvgIpc) is 3.05. The fourth-order valence-electron chi connectivity index (χ4n) is 2.95. The highest BCUT2D eigenvalue weighted by molar-refractivity contribution is 7.71. The van der Waals surface area contributed by atoms with Crippen LogP contribution in [0.15, 0.2) is 28.7 Å². The van der Waals surface area contributed by atoms with Crippen LogP contribution >= 0.6 is 12.2 Å². The lowest BCUT2D eigenvalue weighted by molar-refractivity contribution is 0.0910. The molecule has 6 heteroatoms. The van der Waals surface area contributed by atoms with Gasteiger partial charge < -0.3 is 9.73 Å². The molecule has 1 heterocycles. The van der Waals surface area contributed by atoms with Gasteiger partial charge in [0, 0.05) is 17.2 Å². The van der Waals surface area contributed by atoms with Gasteiger partial charge >= 0.3 is 0 Å². The second-order valence-electron chi connectivity index (χ2n) is 6.40. The number of amides is 1. The van der Waals surface area contributed by atoms with Gasteiger partial charge in [-0.3, -0.25) is 4.79 Å². The molecule has 1 unspecified atom stereocenters. The Balaban J connectivity index is 1.72. The minimum atomic E-state index is -0.0329. The second kappa shape index (κ2) is 5.68. The molecule has 5 nitrogen and oxygen atoms in total. The Morgan fingerprint density at radius 1 is 1.41 bits per heavy atom. The normalized spacial score (nSPS) is 20.0. The van der Waals surface area contributed by atoms with E-state index in [1.54, 1.807) is 12.1 Å². The summed E-state index contributed by atoms with van der Waals surface area (Å²) in [6, 6.07) is 7.41. The molecule has 1 aromatic carbocycles. The molecule has 1 atom stereocenters. The summed E-state index contributed by atoms with van der Waals surface area (Å²) >= 11 is 4.85. The molecular weight excluding hydrogens is 298 g/mol. The van der Waals surface area contributed by atoms with Crippen molar-refractivity contribution in [3.8, 4) is 11.5 Å². The van der Waals surface area contributed by atoms with E-state index in [9.17, 15) is 4.79 Å². The average molecular weight is 317 g/mol. The Kier molecular flexibility index (Phi) is 3.87. The van der Waals surface area contributed by atoms with Crippen molar-refractivity contribution in [1.29, 1.82) is 0 Å². The molecule has 2 aromatic rings. The van der Waals surface area contributed by atoms with Gasteiger partial charge in [0.1, 0.15) is 0 Å². The van der Waals surface area contributed by atoms with Crippen LogP contribution in [0.3, 0.4) is 0 Å². The molecule has 0 spiro atoms. The van der Waals surface area contributed by atoms with Crippen LogP contribution in [0.1, 0.15) is 43.5 Å². The van der Waals surface area contributed by atoms with Crippen molar-refractivity contribution in [2.24, 2.45) is 5.41 Å². The van der Waals surface area contributed by atoms with Gasteiger partial charge in [-0.05, 0) is 54.7 Å². The van der Waals surface area contributed by atoms with Crippen molar-refractivity contribution in [2.75, 3.05) is 0 Å². The maximum atomic E-state index is 12.4. The summed E-state index contributed by atoms with van der Waals surface area (Å²) in [6.07, 6.45) is 3.37. The lowest BCUT2D eigenvalue weighted by atomic mass is 9.87. The van der Waals surface area contributed by atoms with Crippen molar-refractivity contribution in [2.45, 2.75) is 39.2 Å². The number of aromatic amines is 1. The fourth-order valence-corrected chi connectivity index (χ4v) is 3.08. The third-order valence-corrected chi connectivity index (χ3v) is 4.57. The quantitative estimate of drug-likeness (QED) is 0.847. The van der Waals surface area contributed by atoms with Gasteiger partial charge in [0.2, 0.25) is 5.89 Å². The van der Waals surface area contributed by atoms with Crippen molar-refractivity contribution in [3.05, 3.63) is 34.7 Å². The number of H-pyrrole nitrogens is 1. The van der Waals surface area contributed by atoms with E-state index >= 15 is 0 Å². The second-order valence-corrected chi connectivity index (χ2v) is 6.77. The van der Waals surface area contributed by atoms with Gasteiger partial charge in [-0.25, -0.2) is 5.10 Å². The van der Waals surface area contributed by atoms with Gasteiger partial charge in [0.05, 0.1) is 0 Å². The van der Waals surface area contributed by atoms with E-state index < -0.39 is 0 Å². The van der Waals surface area contributed by atoms with E-state index in [4.69, 9.17) is 16.6 Å². The molecule has 0 radical (unpaired) electrons. The monoisotopic (exact) mass is 317 g/mol. The Labute approximate surface area is 134 Å². The molecule has 116 valence electrons. The predicted octanol–water partition coefficient (Wildman–Crippen LogP) is 3.71. The number of nitrogens with zero attached hydrogens (tertiary/aromatic N) is 1. The van der Waals surface area contributed by atoms with E-state index in [1.165, 1.54) is 6.42 Å². The highest BCUT2D eigenvalue weighted by Crippen LogP contribution is 2.37. The van der Waals surface area contributed by atoms with Crippen LogP contribution in [0.5, 0.6) is 0 Å². The topological polar surface area (TPSA) is 70.9 Å². The lowest BCUT2D eigenvalue weighted by Crippen LogP contribution is -2.41. The molecule has 0 saturated heterocycles. The van der Waals surface area contributed by atoms with Crippen LogP contribution in [0.2, 0.25) is 0 Å². The number of nitrogens with one attached hydrogen (secondary N) is 2. The predicted molar refractivity (Wildman–Crippen MR) is 86.0 cm³/mol. The van der Waals surface area contributed by atoms with Crippen molar-refractivity contribution >= 4 is 18.1 Å². The number of hydrogen-bond donors (Lipinski definition) is 2. The smallest absolute Gasteiger partial charge is 0.284 e. The van der Waals surface area contributed by atoms with Crippen LogP contribution in [-0.2, 0) is 0 Å². The lowest BCUT2D eigenvalue weighted by Gasteiger charge is -2.27. The van der Waals surface area contributed by atoms with Crippen molar-refractivity contribution in [3.63, 3.8) is 0 Å². The van der Waals surface area contributed by atoms with Gasteiger partial charge in [0.15, 0.2) is 0 Å². The molecule has 1 amide bonds. The van der Waals surface area contributed by atoms with E-state index in [0.29, 0.717) is 11.5 Å². The summed E-state index contributed by atoms with van der Waals surface area (Å²) < 4.78 is 5.25. The number of hydrogen-bond acceptors (Lipinski definition) is 4. The largest absolute Gasteiger partial charge is 0.409 e. The van der Waals surface area contributed by atoms with Crippen LogP contribution in [0.25, 0.3) is 11.5 Å². The fraction of sp³-hybridized carbons (Fsp3) is 0.438. The third-order valence-electron chi connectivity index (χ3n) is 4.39. The SMILES string of the molecule is CC1(C)CCCC1NC(=O)c1ccc(-c2n[nH]c(=S)o2)cc1. The molecule has 0 aliphatic heterocycles. The first-order valence-electron chi connectivity index (χ1n) is 7.42. The molecule has 1 aliphatic rings. The molecule has 1 aromatic heterocycles. The number of rotatable bonds is 3. The third kappa shape index (κ3) is 2.97. The van der Waals surface area contributed by atoms with E-state index in [1.807, 2.05) is 12.1 Å². The summed E-state index contributed by atoms with van der Waals surface area (Å²) in [5, 5.41) is 9.69. The summed E-state index contributed by atoms with van der Waals surface area (Å²) in [5.41, 5.74) is 1.59. The van der Waals surface area contributed by atoms with E-state index in [2.05, 4.69) is 29.4 Å². The van der Waals surface area contributed by atoms with E-state index in [-0.39, 0.29) is 22.2 Å². The van der Waals surface area contributed by atoms with Gasteiger partial charge in [-0.1, -0.05) is 20.3 Å². The number of aromatic nitrogens is 2. The Bertz CT molecular complexity index is 730. The summed E-state index contributed by atoms with van der Waals surface area (Å²) in [7, 11) is 0. The zero-order valence-corrected chi connectivity index (χ0v) is 13.5. The zero-order chi connectivity index (χ0) is 15.7.